The Kier molecular flexibility index (Phi) is 4.71. The number of fused-ring (bicyclic) bond motifs is 1. The summed E-state index contributed by atoms with van der Waals surface area (Å²) in [7, 11) is 0. The molecule has 0 atom stereocenters. The molecule has 1 aliphatic heterocycles. The third-order valence-corrected chi connectivity index (χ3v) is 5.25. The van der Waals surface area contributed by atoms with Gasteiger partial charge in [0, 0.05) is 31.9 Å². The maximum Gasteiger partial charge on any atom is 0.321 e. The first-order valence-corrected chi connectivity index (χ1v) is 9.76. The molecule has 2 amide bonds. The van der Waals surface area contributed by atoms with Crippen LogP contribution in [0, 0.1) is 0 Å². The van der Waals surface area contributed by atoms with Gasteiger partial charge in [-0.05, 0) is 35.2 Å². The Hall–Kier alpha value is -3.02. The number of nitrogens with one attached hydrogen (secondary N) is 2. The van der Waals surface area contributed by atoms with Crippen molar-refractivity contribution in [2.45, 2.75) is 26.2 Å². The number of H-pyrrole nitrogens is 1. The molecule has 4 rings (SSSR count). The van der Waals surface area contributed by atoms with Crippen LogP contribution in [0.15, 0.2) is 48.5 Å². The molecule has 2 aromatic carbocycles. The van der Waals surface area contributed by atoms with Gasteiger partial charge in [-0.3, -0.25) is 0 Å². The lowest BCUT2D eigenvalue weighted by atomic mass is 9.87. The number of rotatable bonds is 2. The van der Waals surface area contributed by atoms with Crippen LogP contribution in [0.25, 0.3) is 11.0 Å². The van der Waals surface area contributed by atoms with Gasteiger partial charge in [0.1, 0.15) is 0 Å². The number of imidazole rings is 1. The van der Waals surface area contributed by atoms with Gasteiger partial charge in [0.25, 0.3) is 0 Å². The summed E-state index contributed by atoms with van der Waals surface area (Å²) in [6, 6.07) is 16.1. The number of nitrogens with zero attached hydrogens (tertiary/aromatic N) is 3. The Labute approximate surface area is 165 Å². The predicted octanol–water partition coefficient (Wildman–Crippen LogP) is 4.21. The number of hydrogen-bond acceptors (Lipinski definition) is 3. The molecule has 1 saturated heterocycles. The molecular weight excluding hydrogens is 350 g/mol. The second-order valence-electron chi connectivity index (χ2n) is 8.31. The zero-order valence-corrected chi connectivity index (χ0v) is 16.7. The first kappa shape index (κ1) is 18.3. The Balaban J connectivity index is 1.35. The third kappa shape index (κ3) is 3.81. The van der Waals surface area contributed by atoms with Crippen LogP contribution in [0.3, 0.4) is 0 Å². The minimum atomic E-state index is -0.0484. The maximum atomic E-state index is 12.6. The van der Waals surface area contributed by atoms with Crippen LogP contribution in [0.2, 0.25) is 0 Å². The summed E-state index contributed by atoms with van der Waals surface area (Å²) in [5.41, 5.74) is 4.20. The number of anilines is 2. The van der Waals surface area contributed by atoms with E-state index in [4.69, 9.17) is 0 Å². The lowest BCUT2D eigenvalue weighted by Crippen LogP contribution is -2.50. The van der Waals surface area contributed by atoms with Crippen molar-refractivity contribution in [1.29, 1.82) is 0 Å². The van der Waals surface area contributed by atoms with Gasteiger partial charge in [-0.25, -0.2) is 9.78 Å². The van der Waals surface area contributed by atoms with Crippen molar-refractivity contribution in [1.82, 2.24) is 14.9 Å². The number of para-hydroxylation sites is 2. The van der Waals surface area contributed by atoms with E-state index in [0.717, 1.165) is 35.8 Å². The number of urea groups is 1. The van der Waals surface area contributed by atoms with Gasteiger partial charge < -0.3 is 20.1 Å². The number of benzene rings is 2. The number of piperazine rings is 1. The molecule has 1 aliphatic rings. The van der Waals surface area contributed by atoms with Crippen LogP contribution in [0.1, 0.15) is 26.3 Å². The van der Waals surface area contributed by atoms with E-state index < -0.39 is 0 Å². The fourth-order valence-electron chi connectivity index (χ4n) is 3.47. The lowest BCUT2D eigenvalue weighted by Gasteiger charge is -2.34. The molecule has 0 spiro atoms. The Morgan fingerprint density at radius 1 is 1.00 bits per heavy atom. The lowest BCUT2D eigenvalue weighted by molar-refractivity contribution is 0.208. The molecule has 6 nitrogen and oxygen atoms in total. The molecule has 6 heteroatoms. The van der Waals surface area contributed by atoms with E-state index >= 15 is 0 Å². The fourth-order valence-corrected chi connectivity index (χ4v) is 3.47. The summed E-state index contributed by atoms with van der Waals surface area (Å²) in [5, 5.41) is 3.01. The van der Waals surface area contributed by atoms with Crippen molar-refractivity contribution in [2.24, 2.45) is 0 Å². The van der Waals surface area contributed by atoms with Crippen LogP contribution >= 0.6 is 0 Å². The molecular formula is C22H27N5O. The number of aromatic amines is 1. The fraction of sp³-hybridized carbons (Fsp3) is 0.364. The Bertz CT molecular complexity index is 930. The highest BCUT2D eigenvalue weighted by Gasteiger charge is 2.23. The summed E-state index contributed by atoms with van der Waals surface area (Å²) in [5.74, 6) is 0.874. The van der Waals surface area contributed by atoms with Crippen LogP contribution in [0.4, 0.5) is 16.4 Å². The Morgan fingerprint density at radius 2 is 1.68 bits per heavy atom. The summed E-state index contributed by atoms with van der Waals surface area (Å²) in [6.07, 6.45) is 0. The first-order chi connectivity index (χ1) is 13.4. The minimum absolute atomic E-state index is 0.0484. The van der Waals surface area contributed by atoms with E-state index in [1.807, 2.05) is 41.3 Å². The molecule has 1 fully saturated rings. The molecule has 146 valence electrons. The van der Waals surface area contributed by atoms with Crippen LogP contribution < -0.4 is 10.2 Å². The van der Waals surface area contributed by atoms with Gasteiger partial charge in [0.15, 0.2) is 0 Å². The van der Waals surface area contributed by atoms with Crippen molar-refractivity contribution in [3.63, 3.8) is 0 Å². The summed E-state index contributed by atoms with van der Waals surface area (Å²) in [6.45, 7) is 9.41. The second-order valence-corrected chi connectivity index (χ2v) is 8.31. The average Bonchev–Trinajstić information content (AvgIpc) is 3.12. The van der Waals surface area contributed by atoms with Gasteiger partial charge in [0.05, 0.1) is 11.0 Å². The highest BCUT2D eigenvalue weighted by Crippen LogP contribution is 2.24. The minimum Gasteiger partial charge on any atom is -0.339 e. The number of amides is 2. The van der Waals surface area contributed by atoms with E-state index in [0.29, 0.717) is 13.1 Å². The Morgan fingerprint density at radius 3 is 2.32 bits per heavy atom. The number of carbonyl (C=O) groups is 1. The molecule has 28 heavy (non-hydrogen) atoms. The highest BCUT2D eigenvalue weighted by atomic mass is 16.2. The van der Waals surface area contributed by atoms with E-state index in [1.165, 1.54) is 5.56 Å². The van der Waals surface area contributed by atoms with Crippen molar-refractivity contribution < 1.29 is 4.79 Å². The normalized spacial score (nSPS) is 15.1. The van der Waals surface area contributed by atoms with Gasteiger partial charge in [0.2, 0.25) is 5.95 Å². The first-order valence-electron chi connectivity index (χ1n) is 9.76. The summed E-state index contributed by atoms with van der Waals surface area (Å²) in [4.78, 5) is 24.7. The molecule has 0 radical (unpaired) electrons. The van der Waals surface area contributed by atoms with E-state index in [9.17, 15) is 4.79 Å². The highest BCUT2D eigenvalue weighted by molar-refractivity contribution is 5.89. The third-order valence-electron chi connectivity index (χ3n) is 5.25. The predicted molar refractivity (Wildman–Crippen MR) is 114 cm³/mol. The van der Waals surface area contributed by atoms with Gasteiger partial charge in [-0.1, -0.05) is 45.0 Å². The number of carbonyl (C=O) groups excluding carboxylic acids is 1. The summed E-state index contributed by atoms with van der Waals surface area (Å²) >= 11 is 0. The van der Waals surface area contributed by atoms with E-state index in [-0.39, 0.29) is 11.4 Å². The summed E-state index contributed by atoms with van der Waals surface area (Å²) < 4.78 is 0. The number of hydrogen-bond donors (Lipinski definition) is 2. The van der Waals surface area contributed by atoms with Gasteiger partial charge >= 0.3 is 6.03 Å². The molecule has 2 heterocycles. The van der Waals surface area contributed by atoms with Crippen molar-refractivity contribution in [3.05, 3.63) is 54.1 Å². The standard InChI is InChI=1S/C22H27N5O/c1-22(2,3)16-8-10-17(11-9-16)23-21(28)27-14-12-26(13-15-27)20-24-18-6-4-5-7-19(18)25-20/h4-11H,12-15H2,1-3H3,(H,23,28)(H,24,25). The molecule has 0 saturated carbocycles. The SMILES string of the molecule is CC(C)(C)c1ccc(NC(=O)N2CCN(c3nc4ccccc4[nH]3)CC2)cc1. The average molecular weight is 377 g/mol. The van der Waals surface area contributed by atoms with Gasteiger partial charge in [-0.15, -0.1) is 0 Å². The topological polar surface area (TPSA) is 64.3 Å². The van der Waals surface area contributed by atoms with Crippen LogP contribution in [0.5, 0.6) is 0 Å². The van der Waals surface area contributed by atoms with Crippen molar-refractivity contribution in [2.75, 3.05) is 36.4 Å². The largest absolute Gasteiger partial charge is 0.339 e. The second kappa shape index (κ2) is 7.19. The zero-order chi connectivity index (χ0) is 19.7. The van der Waals surface area contributed by atoms with Crippen molar-refractivity contribution >= 4 is 28.7 Å². The quantitative estimate of drug-likeness (QED) is 0.703. The van der Waals surface area contributed by atoms with Crippen molar-refractivity contribution in [3.8, 4) is 0 Å². The number of aromatic nitrogens is 2. The molecule has 3 aromatic rings. The molecule has 0 unspecified atom stereocenters. The maximum absolute atomic E-state index is 12.6. The zero-order valence-electron chi connectivity index (χ0n) is 16.7. The van der Waals surface area contributed by atoms with E-state index in [2.05, 4.69) is 53.1 Å². The molecule has 0 aliphatic carbocycles. The molecule has 2 N–H and O–H groups in total. The van der Waals surface area contributed by atoms with Crippen LogP contribution in [-0.2, 0) is 5.41 Å². The smallest absolute Gasteiger partial charge is 0.321 e. The van der Waals surface area contributed by atoms with Gasteiger partial charge in [-0.2, -0.15) is 0 Å². The van der Waals surface area contributed by atoms with E-state index in [1.54, 1.807) is 0 Å². The molecule has 1 aromatic heterocycles. The van der Waals surface area contributed by atoms with Crippen LogP contribution in [-0.4, -0.2) is 47.1 Å². The monoisotopic (exact) mass is 377 g/mol. The molecule has 0 bridgehead atoms.